The van der Waals surface area contributed by atoms with Crippen LogP contribution in [0.2, 0.25) is 0 Å². The highest BCUT2D eigenvalue weighted by atomic mass is 16.5. The van der Waals surface area contributed by atoms with E-state index in [1.165, 1.54) is 12.8 Å². The molecule has 3 nitrogen and oxygen atoms in total. The van der Waals surface area contributed by atoms with Crippen LogP contribution in [0.5, 0.6) is 5.75 Å². The zero-order chi connectivity index (χ0) is 12.3. The van der Waals surface area contributed by atoms with Crippen molar-refractivity contribution in [3.63, 3.8) is 0 Å². The molecule has 0 bridgehead atoms. The second kappa shape index (κ2) is 5.21. The zero-order valence-electron chi connectivity index (χ0n) is 10.5. The Balaban J connectivity index is 2.17. The molecule has 0 saturated heterocycles. The summed E-state index contributed by atoms with van der Waals surface area (Å²) in [4.78, 5) is 13.6. The molecule has 1 fully saturated rings. The quantitative estimate of drug-likeness (QED) is 0.803. The fourth-order valence-corrected chi connectivity index (χ4v) is 2.17. The van der Waals surface area contributed by atoms with E-state index in [-0.39, 0.29) is 12.0 Å². The largest absolute Gasteiger partial charge is 0.490 e. The Morgan fingerprint density at radius 3 is 2.53 bits per heavy atom. The first kappa shape index (κ1) is 12.0. The van der Waals surface area contributed by atoms with Gasteiger partial charge in [-0.15, -0.1) is 0 Å². The lowest BCUT2D eigenvalue weighted by Gasteiger charge is -2.18. The van der Waals surface area contributed by atoms with E-state index >= 15 is 0 Å². The van der Waals surface area contributed by atoms with E-state index in [1.54, 1.807) is 19.0 Å². The number of amides is 1. The molecule has 0 N–H and O–H groups in total. The van der Waals surface area contributed by atoms with Crippen LogP contribution in [0.15, 0.2) is 24.3 Å². The minimum absolute atomic E-state index is 0.00130. The predicted molar refractivity (Wildman–Crippen MR) is 67.3 cm³/mol. The SMILES string of the molecule is CN(C)C(=O)c1ccccc1OC1CCCC1. The van der Waals surface area contributed by atoms with E-state index < -0.39 is 0 Å². The highest BCUT2D eigenvalue weighted by Crippen LogP contribution is 2.27. The van der Waals surface area contributed by atoms with Crippen molar-refractivity contribution >= 4 is 5.91 Å². The molecule has 92 valence electrons. The molecule has 1 amide bonds. The van der Waals surface area contributed by atoms with Crippen LogP contribution < -0.4 is 4.74 Å². The number of carbonyl (C=O) groups excluding carboxylic acids is 1. The van der Waals surface area contributed by atoms with Gasteiger partial charge >= 0.3 is 0 Å². The van der Waals surface area contributed by atoms with Gasteiger partial charge in [-0.25, -0.2) is 0 Å². The van der Waals surface area contributed by atoms with Crippen LogP contribution in [0.1, 0.15) is 36.0 Å². The van der Waals surface area contributed by atoms with E-state index in [1.807, 2.05) is 24.3 Å². The summed E-state index contributed by atoms with van der Waals surface area (Å²) < 4.78 is 5.93. The van der Waals surface area contributed by atoms with Crippen LogP contribution in [-0.4, -0.2) is 31.0 Å². The van der Waals surface area contributed by atoms with E-state index in [2.05, 4.69) is 0 Å². The number of benzene rings is 1. The predicted octanol–water partition coefficient (Wildman–Crippen LogP) is 2.71. The lowest BCUT2D eigenvalue weighted by molar-refractivity contribution is 0.0820. The first-order chi connectivity index (χ1) is 8.18. The summed E-state index contributed by atoms with van der Waals surface area (Å²) in [6, 6.07) is 7.50. The molecule has 0 spiro atoms. The Morgan fingerprint density at radius 1 is 1.24 bits per heavy atom. The van der Waals surface area contributed by atoms with Crippen molar-refractivity contribution in [2.45, 2.75) is 31.8 Å². The third-order valence-electron chi connectivity index (χ3n) is 3.12. The molecule has 0 unspecified atom stereocenters. The van der Waals surface area contributed by atoms with E-state index in [0.717, 1.165) is 18.6 Å². The van der Waals surface area contributed by atoms with Gasteiger partial charge in [-0.05, 0) is 37.8 Å². The Hall–Kier alpha value is -1.51. The first-order valence-corrected chi connectivity index (χ1v) is 6.16. The van der Waals surface area contributed by atoms with Gasteiger partial charge in [-0.1, -0.05) is 12.1 Å². The van der Waals surface area contributed by atoms with Gasteiger partial charge in [-0.3, -0.25) is 4.79 Å². The summed E-state index contributed by atoms with van der Waals surface area (Å²) >= 11 is 0. The lowest BCUT2D eigenvalue weighted by Crippen LogP contribution is -2.23. The third kappa shape index (κ3) is 2.78. The van der Waals surface area contributed by atoms with Gasteiger partial charge in [0, 0.05) is 14.1 Å². The molecular weight excluding hydrogens is 214 g/mol. The van der Waals surface area contributed by atoms with Crippen LogP contribution >= 0.6 is 0 Å². The van der Waals surface area contributed by atoms with Crippen LogP contribution in [0, 0.1) is 0 Å². The van der Waals surface area contributed by atoms with Gasteiger partial charge in [0.15, 0.2) is 0 Å². The normalized spacial score (nSPS) is 15.9. The average molecular weight is 233 g/mol. The minimum atomic E-state index is -0.00130. The summed E-state index contributed by atoms with van der Waals surface area (Å²) in [5.74, 6) is 0.719. The molecule has 0 radical (unpaired) electrons. The number of hydrogen-bond acceptors (Lipinski definition) is 2. The maximum absolute atomic E-state index is 12.0. The van der Waals surface area contributed by atoms with Crippen molar-refractivity contribution < 1.29 is 9.53 Å². The Bertz CT molecular complexity index is 395. The monoisotopic (exact) mass is 233 g/mol. The summed E-state index contributed by atoms with van der Waals surface area (Å²) in [6.45, 7) is 0. The van der Waals surface area contributed by atoms with Gasteiger partial charge in [0.2, 0.25) is 0 Å². The first-order valence-electron chi connectivity index (χ1n) is 6.16. The number of ether oxygens (including phenoxy) is 1. The molecule has 0 atom stereocenters. The highest BCUT2D eigenvalue weighted by Gasteiger charge is 2.20. The second-order valence-electron chi connectivity index (χ2n) is 4.72. The molecule has 0 aromatic heterocycles. The molecule has 1 aromatic rings. The average Bonchev–Trinajstić information content (AvgIpc) is 2.81. The summed E-state index contributed by atoms with van der Waals surface area (Å²) in [5, 5.41) is 0. The molecule has 0 heterocycles. The maximum Gasteiger partial charge on any atom is 0.257 e. The van der Waals surface area contributed by atoms with E-state index in [0.29, 0.717) is 5.56 Å². The van der Waals surface area contributed by atoms with Crippen molar-refractivity contribution in [3.8, 4) is 5.75 Å². The van der Waals surface area contributed by atoms with E-state index in [9.17, 15) is 4.79 Å². The van der Waals surface area contributed by atoms with Gasteiger partial charge in [0.1, 0.15) is 5.75 Å². The number of nitrogens with zero attached hydrogens (tertiary/aromatic N) is 1. The van der Waals surface area contributed by atoms with Gasteiger partial charge in [0.05, 0.1) is 11.7 Å². The lowest BCUT2D eigenvalue weighted by atomic mass is 10.1. The van der Waals surface area contributed by atoms with Crippen molar-refractivity contribution in [1.82, 2.24) is 4.90 Å². The third-order valence-corrected chi connectivity index (χ3v) is 3.12. The zero-order valence-corrected chi connectivity index (χ0v) is 10.5. The topological polar surface area (TPSA) is 29.5 Å². The van der Waals surface area contributed by atoms with Crippen molar-refractivity contribution in [2.75, 3.05) is 14.1 Å². The highest BCUT2D eigenvalue weighted by molar-refractivity contribution is 5.96. The van der Waals surface area contributed by atoms with Gasteiger partial charge < -0.3 is 9.64 Å². The number of carbonyl (C=O) groups is 1. The van der Waals surface area contributed by atoms with Crippen LogP contribution in [0.3, 0.4) is 0 Å². The summed E-state index contributed by atoms with van der Waals surface area (Å²) in [6.07, 6.45) is 4.95. The Morgan fingerprint density at radius 2 is 1.88 bits per heavy atom. The van der Waals surface area contributed by atoms with Crippen molar-refractivity contribution in [3.05, 3.63) is 29.8 Å². The van der Waals surface area contributed by atoms with E-state index in [4.69, 9.17) is 4.74 Å². The van der Waals surface area contributed by atoms with Gasteiger partial charge in [-0.2, -0.15) is 0 Å². The molecule has 1 saturated carbocycles. The maximum atomic E-state index is 12.0. The summed E-state index contributed by atoms with van der Waals surface area (Å²) in [7, 11) is 3.52. The fourth-order valence-electron chi connectivity index (χ4n) is 2.17. The van der Waals surface area contributed by atoms with Crippen molar-refractivity contribution in [1.29, 1.82) is 0 Å². The Kier molecular flexibility index (Phi) is 3.67. The number of para-hydroxylation sites is 1. The molecule has 17 heavy (non-hydrogen) atoms. The smallest absolute Gasteiger partial charge is 0.257 e. The fraction of sp³-hybridized carbons (Fsp3) is 0.500. The molecule has 1 aliphatic rings. The summed E-state index contributed by atoms with van der Waals surface area (Å²) in [5.41, 5.74) is 0.657. The van der Waals surface area contributed by atoms with Crippen molar-refractivity contribution in [2.24, 2.45) is 0 Å². The van der Waals surface area contributed by atoms with Crippen LogP contribution in [0.25, 0.3) is 0 Å². The molecular formula is C14H19NO2. The molecule has 1 aromatic carbocycles. The van der Waals surface area contributed by atoms with Gasteiger partial charge in [0.25, 0.3) is 5.91 Å². The molecule has 3 heteroatoms. The Labute approximate surface area is 102 Å². The minimum Gasteiger partial charge on any atom is -0.490 e. The molecule has 2 rings (SSSR count). The number of rotatable bonds is 3. The standard InChI is InChI=1S/C14H19NO2/c1-15(2)14(16)12-9-5-6-10-13(12)17-11-7-3-4-8-11/h5-6,9-11H,3-4,7-8H2,1-2H3. The van der Waals surface area contributed by atoms with Crippen LogP contribution in [-0.2, 0) is 0 Å². The number of hydrogen-bond donors (Lipinski definition) is 0. The molecule has 0 aliphatic heterocycles. The molecule has 1 aliphatic carbocycles. The van der Waals surface area contributed by atoms with Crippen LogP contribution in [0.4, 0.5) is 0 Å². The second-order valence-corrected chi connectivity index (χ2v) is 4.72.